The molecule has 0 radical (unpaired) electrons. The van der Waals surface area contributed by atoms with Gasteiger partial charge in [0.2, 0.25) is 0 Å². The lowest BCUT2D eigenvalue weighted by molar-refractivity contribution is 0.833. The van der Waals surface area contributed by atoms with Gasteiger partial charge in [-0.1, -0.05) is 0 Å². The Hall–Kier alpha value is -1.16. The van der Waals surface area contributed by atoms with E-state index in [0.29, 0.717) is 18.3 Å². The maximum Gasteiger partial charge on any atom is 0.254 e. The van der Waals surface area contributed by atoms with Crippen LogP contribution >= 0.6 is 0 Å². The van der Waals surface area contributed by atoms with E-state index < -0.39 is 0 Å². The molecular weight excluding hydrogens is 166 g/mol. The van der Waals surface area contributed by atoms with Crippen LogP contribution < -0.4 is 11.3 Å². The maximum absolute atomic E-state index is 11.4. The molecule has 1 aromatic rings. The summed E-state index contributed by atoms with van der Waals surface area (Å²) in [6.07, 6.45) is 2.31. The number of nitrogens with zero attached hydrogens (tertiary/aromatic N) is 1. The third-order valence-electron chi connectivity index (χ3n) is 2.40. The van der Waals surface area contributed by atoms with E-state index in [1.54, 1.807) is 0 Å². The first-order chi connectivity index (χ1) is 6.22. The van der Waals surface area contributed by atoms with Gasteiger partial charge in [-0.05, 0) is 19.8 Å². The fourth-order valence-electron chi connectivity index (χ4n) is 1.45. The van der Waals surface area contributed by atoms with Crippen LogP contribution in [0.25, 0.3) is 0 Å². The Morgan fingerprint density at radius 2 is 2.31 bits per heavy atom. The molecule has 0 aromatic carbocycles. The average molecular weight is 179 g/mol. The summed E-state index contributed by atoms with van der Waals surface area (Å²) < 4.78 is 0. The second kappa shape index (κ2) is 2.96. The van der Waals surface area contributed by atoms with Crippen molar-refractivity contribution < 1.29 is 0 Å². The number of H-pyrrole nitrogens is 1. The zero-order valence-corrected chi connectivity index (χ0v) is 7.63. The van der Waals surface area contributed by atoms with Crippen LogP contribution in [0, 0.1) is 6.92 Å². The zero-order chi connectivity index (χ0) is 9.42. The molecule has 0 spiro atoms. The largest absolute Gasteiger partial charge is 0.324 e. The molecule has 0 bridgehead atoms. The molecule has 1 fully saturated rings. The maximum atomic E-state index is 11.4. The van der Waals surface area contributed by atoms with Crippen LogP contribution in [0.5, 0.6) is 0 Å². The number of nitrogens with two attached hydrogens (primary N) is 1. The summed E-state index contributed by atoms with van der Waals surface area (Å²) in [5.74, 6) is 1.10. The van der Waals surface area contributed by atoms with Gasteiger partial charge in [0.05, 0.1) is 12.2 Å². The van der Waals surface area contributed by atoms with Crippen molar-refractivity contribution in [2.45, 2.75) is 32.2 Å². The highest BCUT2D eigenvalue weighted by Crippen LogP contribution is 2.39. The molecule has 2 rings (SSSR count). The van der Waals surface area contributed by atoms with Crippen molar-refractivity contribution in [1.82, 2.24) is 9.97 Å². The first-order valence-corrected chi connectivity index (χ1v) is 4.52. The van der Waals surface area contributed by atoms with Crippen LogP contribution in [-0.2, 0) is 6.54 Å². The Labute approximate surface area is 76.2 Å². The van der Waals surface area contributed by atoms with Gasteiger partial charge in [0.15, 0.2) is 0 Å². The molecule has 1 saturated carbocycles. The summed E-state index contributed by atoms with van der Waals surface area (Å²) in [6, 6.07) is 0. The summed E-state index contributed by atoms with van der Waals surface area (Å²) in [4.78, 5) is 18.4. The molecule has 13 heavy (non-hydrogen) atoms. The highest BCUT2D eigenvalue weighted by Gasteiger charge is 2.27. The number of rotatable bonds is 2. The monoisotopic (exact) mass is 179 g/mol. The summed E-state index contributed by atoms with van der Waals surface area (Å²) in [7, 11) is 0. The predicted molar refractivity (Wildman–Crippen MR) is 49.5 cm³/mol. The Morgan fingerprint density at radius 3 is 2.85 bits per heavy atom. The molecule has 1 aliphatic rings. The minimum Gasteiger partial charge on any atom is -0.324 e. The third kappa shape index (κ3) is 1.49. The van der Waals surface area contributed by atoms with E-state index in [4.69, 9.17) is 5.73 Å². The van der Waals surface area contributed by atoms with Crippen molar-refractivity contribution in [2.75, 3.05) is 0 Å². The van der Waals surface area contributed by atoms with E-state index in [-0.39, 0.29) is 5.56 Å². The van der Waals surface area contributed by atoms with Crippen molar-refractivity contribution in [2.24, 2.45) is 5.73 Å². The van der Waals surface area contributed by atoms with Gasteiger partial charge < -0.3 is 10.7 Å². The Bertz CT molecular complexity index is 379. The molecule has 0 saturated heterocycles. The molecular formula is C9H13N3O. The first-order valence-electron chi connectivity index (χ1n) is 4.52. The van der Waals surface area contributed by atoms with Gasteiger partial charge in [0.25, 0.3) is 5.56 Å². The normalized spacial score (nSPS) is 16.2. The Kier molecular flexibility index (Phi) is 1.92. The molecule has 0 aliphatic heterocycles. The van der Waals surface area contributed by atoms with Gasteiger partial charge in [-0.15, -0.1) is 0 Å². The lowest BCUT2D eigenvalue weighted by Gasteiger charge is -2.04. The molecule has 4 nitrogen and oxygen atoms in total. The van der Waals surface area contributed by atoms with Crippen molar-refractivity contribution >= 4 is 0 Å². The van der Waals surface area contributed by atoms with Gasteiger partial charge >= 0.3 is 0 Å². The number of aromatic nitrogens is 2. The van der Waals surface area contributed by atoms with Crippen molar-refractivity contribution in [1.29, 1.82) is 0 Å². The molecule has 3 N–H and O–H groups in total. The van der Waals surface area contributed by atoms with Crippen LogP contribution in [0.15, 0.2) is 4.79 Å². The smallest absolute Gasteiger partial charge is 0.254 e. The average Bonchev–Trinajstić information content (AvgIpc) is 2.92. The number of aromatic amines is 1. The molecule has 0 amide bonds. The van der Waals surface area contributed by atoms with Crippen LogP contribution in [0.4, 0.5) is 0 Å². The molecule has 0 atom stereocenters. The summed E-state index contributed by atoms with van der Waals surface area (Å²) >= 11 is 0. The van der Waals surface area contributed by atoms with Gasteiger partial charge in [0.1, 0.15) is 5.82 Å². The van der Waals surface area contributed by atoms with Gasteiger partial charge in [-0.3, -0.25) is 4.79 Å². The molecule has 0 unspecified atom stereocenters. The standard InChI is InChI=1S/C9H13N3O/c1-5-8(6-2-3-6)11-7(4-10)12-9(5)13/h6H,2-4,10H2,1H3,(H,11,12,13). The van der Waals surface area contributed by atoms with Gasteiger partial charge in [-0.25, -0.2) is 4.98 Å². The topological polar surface area (TPSA) is 71.8 Å². The Balaban J connectivity index is 2.52. The van der Waals surface area contributed by atoms with Crippen molar-refractivity contribution in [3.8, 4) is 0 Å². The minimum atomic E-state index is -0.0441. The lowest BCUT2D eigenvalue weighted by Crippen LogP contribution is -2.19. The summed E-state index contributed by atoms with van der Waals surface area (Å²) in [6.45, 7) is 2.12. The summed E-state index contributed by atoms with van der Waals surface area (Å²) in [5.41, 5.74) is 7.08. The Morgan fingerprint density at radius 1 is 1.62 bits per heavy atom. The summed E-state index contributed by atoms with van der Waals surface area (Å²) in [5, 5.41) is 0. The van der Waals surface area contributed by atoms with Crippen LogP contribution in [0.2, 0.25) is 0 Å². The molecule has 1 aromatic heterocycles. The van der Waals surface area contributed by atoms with E-state index in [1.165, 1.54) is 0 Å². The van der Waals surface area contributed by atoms with Crippen molar-refractivity contribution in [3.05, 3.63) is 27.4 Å². The first kappa shape index (κ1) is 8.44. The SMILES string of the molecule is Cc1c(C2CC2)nc(CN)[nH]c1=O. The second-order valence-electron chi connectivity index (χ2n) is 3.50. The van der Waals surface area contributed by atoms with Crippen LogP contribution in [-0.4, -0.2) is 9.97 Å². The lowest BCUT2D eigenvalue weighted by atomic mass is 10.2. The molecule has 4 heteroatoms. The molecule has 1 heterocycles. The number of hydrogen-bond acceptors (Lipinski definition) is 3. The predicted octanol–water partition coefficient (Wildman–Crippen LogP) is 0.414. The fraction of sp³-hybridized carbons (Fsp3) is 0.556. The van der Waals surface area contributed by atoms with E-state index in [2.05, 4.69) is 9.97 Å². The van der Waals surface area contributed by atoms with Gasteiger partial charge in [0, 0.05) is 11.5 Å². The molecule has 1 aliphatic carbocycles. The number of nitrogens with one attached hydrogen (secondary N) is 1. The van der Waals surface area contributed by atoms with E-state index in [9.17, 15) is 4.79 Å². The van der Waals surface area contributed by atoms with Crippen LogP contribution in [0.1, 0.15) is 35.8 Å². The highest BCUT2D eigenvalue weighted by molar-refractivity contribution is 5.23. The fourth-order valence-corrected chi connectivity index (χ4v) is 1.45. The van der Waals surface area contributed by atoms with Crippen LogP contribution in [0.3, 0.4) is 0 Å². The highest BCUT2D eigenvalue weighted by atomic mass is 16.1. The van der Waals surface area contributed by atoms with E-state index >= 15 is 0 Å². The molecule has 70 valence electrons. The van der Waals surface area contributed by atoms with Gasteiger partial charge in [-0.2, -0.15) is 0 Å². The minimum absolute atomic E-state index is 0.0441. The zero-order valence-electron chi connectivity index (χ0n) is 7.63. The number of hydrogen-bond donors (Lipinski definition) is 2. The third-order valence-corrected chi connectivity index (χ3v) is 2.40. The van der Waals surface area contributed by atoms with E-state index in [0.717, 1.165) is 24.1 Å². The van der Waals surface area contributed by atoms with Crippen molar-refractivity contribution in [3.63, 3.8) is 0 Å². The quantitative estimate of drug-likeness (QED) is 0.690. The van der Waals surface area contributed by atoms with E-state index in [1.807, 2.05) is 6.92 Å². The second-order valence-corrected chi connectivity index (χ2v) is 3.50.